The van der Waals surface area contributed by atoms with Crippen molar-refractivity contribution in [2.24, 2.45) is 0 Å². The fourth-order valence-corrected chi connectivity index (χ4v) is 15.4. The van der Waals surface area contributed by atoms with Crippen LogP contribution in [0.1, 0.15) is 77.2 Å². The van der Waals surface area contributed by atoms with E-state index < -0.39 is 29.2 Å². The molecule has 0 radical (unpaired) electrons. The predicted octanol–water partition coefficient (Wildman–Crippen LogP) is 19.6. The van der Waals surface area contributed by atoms with E-state index >= 15 is 0 Å². The molecular weight excluding hydrogens is 1080 g/mol. The van der Waals surface area contributed by atoms with E-state index in [1.807, 2.05) is 25.1 Å². The molecule has 12 aromatic carbocycles. The van der Waals surface area contributed by atoms with Crippen LogP contribution in [-0.4, -0.2) is 28.3 Å². The molecular formula is C79H61BN2O2S2. The summed E-state index contributed by atoms with van der Waals surface area (Å²) in [7, 11) is -0.418. The second kappa shape index (κ2) is 21.2. The topological polar surface area (TPSA) is 44.2 Å². The highest BCUT2D eigenvalue weighted by molar-refractivity contribution is 7.21. The Kier molecular flexibility index (Phi) is 13.2. The highest BCUT2D eigenvalue weighted by atomic mass is 32.1. The zero-order valence-electron chi connectivity index (χ0n) is 48.7. The Bertz CT molecular complexity index is 4810. The second-order valence-corrected chi connectivity index (χ2v) is 26.1. The standard InChI is InChI=1S/C36H23NS.C35H31BO2.C8H7NS/c1-2-12-27(13-3-1)36(28-20-18-24-10-4-5-11-25(24)22-28)31-15-7-6-14-29(31)30-21-19-26(23-32(30)36)35-37-33-16-8-9-17-34(33)38-35;1-33(2)34(3,4)38-36(37-33)28-20-21-30-29-16-10-11-17-31(29)35(32(30)23-28,26-14-6-5-7-15-26)27-19-18-24-12-8-9-13-25(24)22-27;1-6-9-7-4-2-3-5-8(7)10-6/h1-23H;5-23H,1-4H3;2-5H,1H3. The van der Waals surface area contributed by atoms with Crippen molar-refractivity contribution >= 4 is 77.2 Å². The Labute approximate surface area is 511 Å². The Balaban J connectivity index is 0.000000125. The molecule has 86 heavy (non-hydrogen) atoms. The lowest BCUT2D eigenvalue weighted by Crippen LogP contribution is -2.41. The van der Waals surface area contributed by atoms with Crippen molar-refractivity contribution in [1.82, 2.24) is 9.97 Å². The molecule has 2 unspecified atom stereocenters. The SMILES string of the molecule is CC1(C)OB(c2ccc3c(c2)C(c2ccccc2)(c2ccc4ccccc4c2)c2ccccc2-3)OC1(C)C.Cc1nc2ccccc2s1.c1ccc(C2(c3ccc4ccccc4c3)c3ccccc3-c3ccc(-c4nc5ccccc5s4)cc32)cc1. The number of benzene rings is 12. The summed E-state index contributed by atoms with van der Waals surface area (Å²) in [5.41, 5.74) is 18.2. The van der Waals surface area contributed by atoms with Crippen molar-refractivity contribution in [3.05, 3.63) is 329 Å². The molecule has 3 heterocycles. The number of hydrogen-bond acceptors (Lipinski definition) is 6. The fraction of sp³-hybridized carbons (Fsp3) is 0.114. The Hall–Kier alpha value is -9.08. The number of hydrogen-bond donors (Lipinski definition) is 0. The van der Waals surface area contributed by atoms with Gasteiger partial charge in [-0.1, -0.05) is 237 Å². The first-order valence-electron chi connectivity index (χ1n) is 29.6. The zero-order chi connectivity index (χ0) is 58.2. The van der Waals surface area contributed by atoms with E-state index in [1.54, 1.807) is 22.7 Å². The van der Waals surface area contributed by atoms with Crippen molar-refractivity contribution < 1.29 is 9.31 Å². The molecule has 17 rings (SSSR count). The van der Waals surface area contributed by atoms with Crippen LogP contribution in [-0.2, 0) is 20.1 Å². The summed E-state index contributed by atoms with van der Waals surface area (Å²) in [5, 5.41) is 7.21. The maximum absolute atomic E-state index is 6.50. The van der Waals surface area contributed by atoms with Crippen molar-refractivity contribution in [2.75, 3.05) is 0 Å². The number of thiazole rings is 2. The summed E-state index contributed by atoms with van der Waals surface area (Å²) in [6.07, 6.45) is 0. The number of aromatic nitrogens is 2. The lowest BCUT2D eigenvalue weighted by atomic mass is 9.66. The summed E-state index contributed by atoms with van der Waals surface area (Å²) in [5.74, 6) is 0. The molecule has 1 fully saturated rings. The largest absolute Gasteiger partial charge is 0.494 e. The highest BCUT2D eigenvalue weighted by Crippen LogP contribution is 2.58. The van der Waals surface area contributed by atoms with Gasteiger partial charge in [0.2, 0.25) is 0 Å². The molecule has 1 saturated heterocycles. The van der Waals surface area contributed by atoms with Gasteiger partial charge < -0.3 is 9.31 Å². The van der Waals surface area contributed by atoms with Gasteiger partial charge in [-0.25, -0.2) is 9.97 Å². The van der Waals surface area contributed by atoms with Gasteiger partial charge in [-0.05, 0) is 171 Å². The summed E-state index contributed by atoms with van der Waals surface area (Å²) in [6, 6.07) is 101. The Morgan fingerprint density at radius 2 is 0.767 bits per heavy atom. The van der Waals surface area contributed by atoms with E-state index in [0.717, 1.165) is 26.5 Å². The normalized spacial score (nSPS) is 17.5. The van der Waals surface area contributed by atoms with Crippen LogP contribution < -0.4 is 5.46 Å². The zero-order valence-corrected chi connectivity index (χ0v) is 50.3. The molecule has 2 atom stereocenters. The van der Waals surface area contributed by atoms with E-state index in [0.29, 0.717) is 0 Å². The minimum absolute atomic E-state index is 0.394. The van der Waals surface area contributed by atoms with Crippen molar-refractivity contribution in [3.63, 3.8) is 0 Å². The van der Waals surface area contributed by atoms with E-state index in [-0.39, 0.29) is 0 Å². The first-order chi connectivity index (χ1) is 42.0. The third kappa shape index (κ3) is 8.78. The monoisotopic (exact) mass is 1140 g/mol. The van der Waals surface area contributed by atoms with Crippen molar-refractivity contribution in [3.8, 4) is 32.8 Å². The van der Waals surface area contributed by atoms with Crippen LogP contribution >= 0.6 is 22.7 Å². The van der Waals surface area contributed by atoms with Gasteiger partial charge in [0.15, 0.2) is 0 Å². The average molecular weight is 1150 g/mol. The van der Waals surface area contributed by atoms with Crippen LogP contribution in [0.2, 0.25) is 0 Å². The maximum Gasteiger partial charge on any atom is 0.494 e. The van der Waals surface area contributed by atoms with E-state index in [9.17, 15) is 0 Å². The molecule has 14 aromatic rings. The number of rotatable bonds is 6. The average Bonchev–Trinajstić information content (AvgIpc) is 1.97. The number of aryl methyl sites for hydroxylation is 1. The van der Waals surface area contributed by atoms with Gasteiger partial charge in [-0.2, -0.15) is 0 Å². The van der Waals surface area contributed by atoms with Gasteiger partial charge in [0.05, 0.1) is 47.5 Å². The van der Waals surface area contributed by atoms with E-state index in [4.69, 9.17) is 14.3 Å². The molecule has 0 bridgehead atoms. The molecule has 7 heteroatoms. The second-order valence-electron chi connectivity index (χ2n) is 23.8. The van der Waals surface area contributed by atoms with Crippen LogP contribution in [0, 0.1) is 6.92 Å². The molecule has 2 aromatic heterocycles. The van der Waals surface area contributed by atoms with Crippen LogP contribution in [0.5, 0.6) is 0 Å². The number of para-hydroxylation sites is 2. The molecule has 2 aliphatic carbocycles. The van der Waals surface area contributed by atoms with Crippen LogP contribution in [0.25, 0.3) is 74.8 Å². The van der Waals surface area contributed by atoms with Gasteiger partial charge in [0, 0.05) is 5.56 Å². The molecule has 1 aliphatic heterocycles. The number of nitrogens with zero attached hydrogens (tertiary/aromatic N) is 2. The lowest BCUT2D eigenvalue weighted by Gasteiger charge is -2.34. The summed E-state index contributed by atoms with van der Waals surface area (Å²) < 4.78 is 15.5. The van der Waals surface area contributed by atoms with Crippen LogP contribution in [0.4, 0.5) is 0 Å². The third-order valence-electron chi connectivity index (χ3n) is 18.4. The maximum atomic E-state index is 6.50. The van der Waals surface area contributed by atoms with E-state index in [2.05, 4.69) is 294 Å². The molecule has 0 spiro atoms. The van der Waals surface area contributed by atoms with Gasteiger partial charge >= 0.3 is 7.12 Å². The first kappa shape index (κ1) is 53.6. The highest BCUT2D eigenvalue weighted by Gasteiger charge is 2.53. The van der Waals surface area contributed by atoms with Crippen LogP contribution in [0.3, 0.4) is 0 Å². The smallest absolute Gasteiger partial charge is 0.399 e. The predicted molar refractivity (Wildman–Crippen MR) is 361 cm³/mol. The minimum atomic E-state index is -0.461. The molecule has 3 aliphatic rings. The molecule has 414 valence electrons. The lowest BCUT2D eigenvalue weighted by molar-refractivity contribution is 0.00578. The Morgan fingerprint density at radius 3 is 1.30 bits per heavy atom. The van der Waals surface area contributed by atoms with Gasteiger partial charge in [-0.15, -0.1) is 22.7 Å². The van der Waals surface area contributed by atoms with E-state index in [1.165, 1.54) is 103 Å². The minimum Gasteiger partial charge on any atom is -0.399 e. The molecule has 0 saturated carbocycles. The summed E-state index contributed by atoms with van der Waals surface area (Å²) >= 11 is 3.50. The molecule has 0 N–H and O–H groups in total. The summed E-state index contributed by atoms with van der Waals surface area (Å²) in [6.45, 7) is 10.5. The quantitative estimate of drug-likeness (QED) is 0.156. The fourth-order valence-electron chi connectivity index (χ4n) is 13.6. The van der Waals surface area contributed by atoms with Crippen LogP contribution in [0.15, 0.2) is 279 Å². The Morgan fingerprint density at radius 1 is 0.337 bits per heavy atom. The molecule has 0 amide bonds. The van der Waals surface area contributed by atoms with Gasteiger partial charge in [0.25, 0.3) is 0 Å². The van der Waals surface area contributed by atoms with Crippen molar-refractivity contribution in [1.29, 1.82) is 0 Å². The first-order valence-corrected chi connectivity index (χ1v) is 31.2. The third-order valence-corrected chi connectivity index (χ3v) is 20.4. The van der Waals surface area contributed by atoms with Gasteiger partial charge in [0.1, 0.15) is 5.01 Å². The number of fused-ring (bicyclic) bond motifs is 10. The van der Waals surface area contributed by atoms with Crippen molar-refractivity contribution in [2.45, 2.75) is 56.7 Å². The van der Waals surface area contributed by atoms with Gasteiger partial charge in [-0.3, -0.25) is 0 Å². The molecule has 4 nitrogen and oxygen atoms in total. The summed E-state index contributed by atoms with van der Waals surface area (Å²) in [4.78, 5) is 9.34.